The maximum absolute atomic E-state index is 11.9. The van der Waals surface area contributed by atoms with Crippen LogP contribution in [0.2, 0.25) is 0 Å². The Morgan fingerprint density at radius 1 is 1.61 bits per heavy atom. The van der Waals surface area contributed by atoms with Gasteiger partial charge >= 0.3 is 0 Å². The Bertz CT molecular complexity index is 480. The fourth-order valence-electron chi connectivity index (χ4n) is 1.86. The first-order valence-corrected chi connectivity index (χ1v) is 6.56. The molecule has 1 atom stereocenters. The maximum atomic E-state index is 11.9. The fraction of sp³-hybridized carbons (Fsp3) is 0.455. The number of nitrogens with two attached hydrogens (primary N) is 1. The van der Waals surface area contributed by atoms with Crippen LogP contribution in [-0.4, -0.2) is 33.3 Å². The van der Waals surface area contributed by atoms with Gasteiger partial charge < -0.3 is 5.73 Å². The fourth-order valence-corrected chi connectivity index (χ4v) is 2.55. The molecule has 18 heavy (non-hydrogen) atoms. The molecule has 1 unspecified atom stereocenters. The van der Waals surface area contributed by atoms with E-state index in [1.807, 2.05) is 0 Å². The predicted molar refractivity (Wildman–Crippen MR) is 70.0 cm³/mol. The van der Waals surface area contributed by atoms with Crippen molar-refractivity contribution >= 4 is 34.4 Å². The second-order valence-corrected chi connectivity index (χ2v) is 5.38. The van der Waals surface area contributed by atoms with Crippen molar-refractivity contribution in [3.8, 4) is 0 Å². The molecule has 0 saturated carbocycles. The summed E-state index contributed by atoms with van der Waals surface area (Å²) in [5.41, 5.74) is 5.57. The van der Waals surface area contributed by atoms with Gasteiger partial charge in [0.1, 0.15) is 18.0 Å². The Labute approximate surface area is 109 Å². The van der Waals surface area contributed by atoms with Crippen LogP contribution in [-0.2, 0) is 9.59 Å². The van der Waals surface area contributed by atoms with Crippen LogP contribution in [0.25, 0.3) is 0 Å². The van der Waals surface area contributed by atoms with Gasteiger partial charge in [0.15, 0.2) is 5.12 Å². The summed E-state index contributed by atoms with van der Waals surface area (Å²) in [6.45, 7) is 2.11. The minimum atomic E-state index is 0.0160. The van der Waals surface area contributed by atoms with Crippen molar-refractivity contribution < 1.29 is 9.59 Å². The number of nitrogen functional groups attached to an aromatic ring is 1. The number of rotatable bonds is 3. The summed E-state index contributed by atoms with van der Waals surface area (Å²) >= 11 is 1.26. The highest BCUT2D eigenvalue weighted by Gasteiger charge is 2.31. The zero-order valence-corrected chi connectivity index (χ0v) is 10.8. The molecular weight excluding hydrogens is 252 g/mol. The summed E-state index contributed by atoms with van der Waals surface area (Å²) in [6, 6.07) is 1.58. The van der Waals surface area contributed by atoms with Gasteiger partial charge in [-0.25, -0.2) is 9.97 Å². The van der Waals surface area contributed by atoms with E-state index in [0.29, 0.717) is 30.4 Å². The standard InChI is InChI=1S/C11H14N4O2S/c1-7(16)18-5-8-2-11(17)15(4-8)10-3-9(12)13-6-14-10/h3,6,8H,2,4-5H2,1H3,(H2,12,13,14). The van der Waals surface area contributed by atoms with Gasteiger partial charge in [0.2, 0.25) is 5.91 Å². The van der Waals surface area contributed by atoms with Crippen molar-refractivity contribution in [3.05, 3.63) is 12.4 Å². The van der Waals surface area contributed by atoms with Crippen LogP contribution < -0.4 is 10.6 Å². The molecule has 0 bridgehead atoms. The summed E-state index contributed by atoms with van der Waals surface area (Å²) in [6.07, 6.45) is 1.79. The third-order valence-electron chi connectivity index (χ3n) is 2.68. The molecule has 2 rings (SSSR count). The van der Waals surface area contributed by atoms with Gasteiger partial charge in [-0.1, -0.05) is 11.8 Å². The zero-order valence-electron chi connectivity index (χ0n) is 10.00. The molecule has 1 aromatic heterocycles. The van der Waals surface area contributed by atoms with E-state index < -0.39 is 0 Å². The lowest BCUT2D eigenvalue weighted by atomic mass is 10.1. The Kier molecular flexibility index (Phi) is 3.81. The Morgan fingerprint density at radius 2 is 2.39 bits per heavy atom. The Balaban J connectivity index is 2.03. The van der Waals surface area contributed by atoms with Crippen LogP contribution in [0.1, 0.15) is 13.3 Å². The van der Waals surface area contributed by atoms with Crippen molar-refractivity contribution in [1.82, 2.24) is 9.97 Å². The van der Waals surface area contributed by atoms with Gasteiger partial charge in [-0.05, 0) is 5.92 Å². The first kappa shape index (κ1) is 12.8. The van der Waals surface area contributed by atoms with Gasteiger partial charge in [-0.15, -0.1) is 0 Å². The lowest BCUT2D eigenvalue weighted by Gasteiger charge is -2.15. The van der Waals surface area contributed by atoms with Gasteiger partial charge in [-0.2, -0.15) is 0 Å². The van der Waals surface area contributed by atoms with E-state index in [0.717, 1.165) is 0 Å². The predicted octanol–water partition coefficient (Wildman–Crippen LogP) is 0.691. The van der Waals surface area contributed by atoms with E-state index >= 15 is 0 Å². The van der Waals surface area contributed by atoms with E-state index in [9.17, 15) is 9.59 Å². The summed E-state index contributed by atoms with van der Waals surface area (Å²) in [7, 11) is 0. The molecule has 1 aromatic rings. The number of hydrogen-bond acceptors (Lipinski definition) is 6. The molecule has 0 aromatic carbocycles. The summed E-state index contributed by atoms with van der Waals surface area (Å²) in [5, 5.41) is 0.0761. The molecule has 2 N–H and O–H groups in total. The molecular formula is C11H14N4O2S. The summed E-state index contributed by atoms with van der Waals surface area (Å²) in [5.74, 6) is 1.74. The highest BCUT2D eigenvalue weighted by Crippen LogP contribution is 2.26. The number of anilines is 2. The SMILES string of the molecule is CC(=O)SCC1CC(=O)N(c2cc(N)ncn2)C1. The number of aromatic nitrogens is 2. The summed E-state index contributed by atoms with van der Waals surface area (Å²) < 4.78 is 0. The average Bonchev–Trinajstić information content (AvgIpc) is 2.68. The van der Waals surface area contributed by atoms with E-state index in [1.54, 1.807) is 11.0 Å². The van der Waals surface area contributed by atoms with Crippen molar-refractivity contribution in [2.45, 2.75) is 13.3 Å². The molecule has 1 saturated heterocycles. The molecule has 6 nitrogen and oxygen atoms in total. The minimum Gasteiger partial charge on any atom is -0.384 e. The molecule has 96 valence electrons. The van der Waals surface area contributed by atoms with Crippen LogP contribution in [0, 0.1) is 5.92 Å². The van der Waals surface area contributed by atoms with Gasteiger partial charge in [0.05, 0.1) is 0 Å². The zero-order chi connectivity index (χ0) is 13.1. The first-order valence-electron chi connectivity index (χ1n) is 5.57. The minimum absolute atomic E-state index is 0.0160. The third kappa shape index (κ3) is 2.98. The highest BCUT2D eigenvalue weighted by atomic mass is 32.2. The highest BCUT2D eigenvalue weighted by molar-refractivity contribution is 8.13. The third-order valence-corrected chi connectivity index (χ3v) is 3.72. The molecule has 0 spiro atoms. The van der Waals surface area contributed by atoms with Gasteiger partial charge in [0.25, 0.3) is 0 Å². The number of hydrogen-bond donors (Lipinski definition) is 1. The van der Waals surface area contributed by atoms with E-state index in [4.69, 9.17) is 5.73 Å². The normalized spacial score (nSPS) is 19.3. The quantitative estimate of drug-likeness (QED) is 0.866. The number of carbonyl (C=O) groups is 2. The largest absolute Gasteiger partial charge is 0.384 e. The van der Waals surface area contributed by atoms with Crippen molar-refractivity contribution in [2.75, 3.05) is 22.9 Å². The number of thioether (sulfide) groups is 1. The average molecular weight is 266 g/mol. The van der Waals surface area contributed by atoms with Crippen LogP contribution >= 0.6 is 11.8 Å². The molecule has 7 heteroatoms. The van der Waals surface area contributed by atoms with Crippen LogP contribution in [0.5, 0.6) is 0 Å². The number of carbonyl (C=O) groups excluding carboxylic acids is 2. The molecule has 0 radical (unpaired) electrons. The van der Waals surface area contributed by atoms with E-state index in [-0.39, 0.29) is 16.9 Å². The lowest BCUT2D eigenvalue weighted by molar-refractivity contribution is -0.117. The molecule has 2 heterocycles. The van der Waals surface area contributed by atoms with Crippen molar-refractivity contribution in [1.29, 1.82) is 0 Å². The van der Waals surface area contributed by atoms with Crippen LogP contribution in [0.3, 0.4) is 0 Å². The van der Waals surface area contributed by atoms with Crippen molar-refractivity contribution in [2.24, 2.45) is 5.92 Å². The van der Waals surface area contributed by atoms with Crippen molar-refractivity contribution in [3.63, 3.8) is 0 Å². The van der Waals surface area contributed by atoms with E-state index in [1.165, 1.54) is 25.0 Å². The Morgan fingerprint density at radius 3 is 3.06 bits per heavy atom. The second-order valence-electron chi connectivity index (χ2n) is 4.18. The summed E-state index contributed by atoms with van der Waals surface area (Å²) in [4.78, 5) is 32.2. The lowest BCUT2D eigenvalue weighted by Crippen LogP contribution is -2.26. The molecule has 1 fully saturated rings. The molecule has 1 aliphatic rings. The molecule has 0 aliphatic carbocycles. The Hall–Kier alpha value is -1.63. The number of amides is 1. The van der Waals surface area contributed by atoms with Crippen LogP contribution in [0.15, 0.2) is 12.4 Å². The maximum Gasteiger partial charge on any atom is 0.228 e. The first-order chi connectivity index (χ1) is 8.56. The monoisotopic (exact) mass is 266 g/mol. The van der Waals surface area contributed by atoms with Gasteiger partial charge in [0, 0.05) is 31.7 Å². The molecule has 1 aliphatic heterocycles. The second kappa shape index (κ2) is 5.34. The van der Waals surface area contributed by atoms with E-state index in [2.05, 4.69) is 9.97 Å². The van der Waals surface area contributed by atoms with Crippen LogP contribution in [0.4, 0.5) is 11.6 Å². The topological polar surface area (TPSA) is 89.2 Å². The van der Waals surface area contributed by atoms with Gasteiger partial charge in [-0.3, -0.25) is 14.5 Å². The number of nitrogens with zero attached hydrogens (tertiary/aromatic N) is 3. The smallest absolute Gasteiger partial charge is 0.228 e. The molecule has 1 amide bonds.